The molecule has 0 aliphatic carbocycles. The van der Waals surface area contributed by atoms with Gasteiger partial charge in [-0.3, -0.25) is 0 Å². The SMILES string of the molecule is CCC(O)(CC)CNCc1c(O)cccc1Cl. The van der Waals surface area contributed by atoms with Gasteiger partial charge < -0.3 is 15.5 Å². The van der Waals surface area contributed by atoms with E-state index in [9.17, 15) is 10.2 Å². The number of hydrogen-bond acceptors (Lipinski definition) is 3. The van der Waals surface area contributed by atoms with Crippen LogP contribution in [-0.2, 0) is 6.54 Å². The van der Waals surface area contributed by atoms with Gasteiger partial charge >= 0.3 is 0 Å². The Morgan fingerprint density at radius 3 is 2.47 bits per heavy atom. The van der Waals surface area contributed by atoms with Crippen molar-refractivity contribution in [1.82, 2.24) is 5.32 Å². The quantitative estimate of drug-likeness (QED) is 0.735. The van der Waals surface area contributed by atoms with E-state index in [-0.39, 0.29) is 5.75 Å². The number of hydrogen-bond donors (Lipinski definition) is 3. The van der Waals surface area contributed by atoms with Gasteiger partial charge in [0.15, 0.2) is 0 Å². The molecule has 0 atom stereocenters. The number of benzene rings is 1. The molecule has 0 bridgehead atoms. The largest absolute Gasteiger partial charge is 0.508 e. The number of aliphatic hydroxyl groups is 1. The number of phenolic OH excluding ortho intramolecular Hbond substituents is 1. The Hall–Kier alpha value is -0.770. The van der Waals surface area contributed by atoms with Gasteiger partial charge in [-0.1, -0.05) is 31.5 Å². The van der Waals surface area contributed by atoms with Crippen LogP contribution in [0.2, 0.25) is 5.02 Å². The second-order valence-corrected chi connectivity index (χ2v) is 4.68. The van der Waals surface area contributed by atoms with Crippen LogP contribution in [0.15, 0.2) is 18.2 Å². The monoisotopic (exact) mass is 257 g/mol. The molecule has 1 rings (SSSR count). The molecule has 0 fully saturated rings. The maximum absolute atomic E-state index is 10.1. The minimum atomic E-state index is -0.684. The van der Waals surface area contributed by atoms with Crippen molar-refractivity contribution < 1.29 is 10.2 Å². The summed E-state index contributed by atoms with van der Waals surface area (Å²) in [6, 6.07) is 5.05. The minimum absolute atomic E-state index is 0.182. The predicted molar refractivity (Wildman–Crippen MR) is 70.4 cm³/mol. The van der Waals surface area contributed by atoms with E-state index >= 15 is 0 Å². The lowest BCUT2D eigenvalue weighted by Gasteiger charge is -2.25. The first-order valence-corrected chi connectivity index (χ1v) is 6.29. The van der Waals surface area contributed by atoms with E-state index in [0.29, 0.717) is 36.5 Å². The van der Waals surface area contributed by atoms with E-state index in [2.05, 4.69) is 5.32 Å². The standard InChI is InChI=1S/C13H20ClNO2/c1-3-13(17,4-2)9-15-8-10-11(14)6-5-7-12(10)16/h5-7,15-17H,3-4,8-9H2,1-2H3. The molecular weight excluding hydrogens is 238 g/mol. The molecule has 0 radical (unpaired) electrons. The average Bonchev–Trinajstić information content (AvgIpc) is 2.32. The highest BCUT2D eigenvalue weighted by molar-refractivity contribution is 6.31. The van der Waals surface area contributed by atoms with Crippen LogP contribution in [0, 0.1) is 0 Å². The Morgan fingerprint density at radius 1 is 1.29 bits per heavy atom. The molecule has 0 unspecified atom stereocenters. The maximum atomic E-state index is 10.1. The summed E-state index contributed by atoms with van der Waals surface area (Å²) >= 11 is 5.98. The highest BCUT2D eigenvalue weighted by Gasteiger charge is 2.21. The Balaban J connectivity index is 2.57. The summed E-state index contributed by atoms with van der Waals surface area (Å²) in [4.78, 5) is 0. The molecule has 4 heteroatoms. The Labute approximate surface area is 107 Å². The first-order chi connectivity index (χ1) is 8.02. The second kappa shape index (κ2) is 6.24. The fraction of sp³-hybridized carbons (Fsp3) is 0.538. The zero-order valence-electron chi connectivity index (χ0n) is 10.3. The minimum Gasteiger partial charge on any atom is -0.508 e. The first kappa shape index (κ1) is 14.3. The summed E-state index contributed by atoms with van der Waals surface area (Å²) in [6.45, 7) is 4.86. The van der Waals surface area contributed by atoms with Gasteiger partial charge in [-0.25, -0.2) is 0 Å². The summed E-state index contributed by atoms with van der Waals surface area (Å²) in [5, 5.41) is 23.4. The van der Waals surface area contributed by atoms with E-state index in [1.165, 1.54) is 0 Å². The molecule has 0 saturated heterocycles. The zero-order valence-corrected chi connectivity index (χ0v) is 11.1. The van der Waals surface area contributed by atoms with Gasteiger partial charge in [0.2, 0.25) is 0 Å². The Bertz CT molecular complexity index is 344. The van der Waals surface area contributed by atoms with Crippen LogP contribution in [0.5, 0.6) is 5.75 Å². The number of aromatic hydroxyl groups is 1. The molecule has 0 spiro atoms. The molecule has 1 aromatic rings. The van der Waals surface area contributed by atoms with Crippen molar-refractivity contribution in [2.75, 3.05) is 6.54 Å². The van der Waals surface area contributed by atoms with Crippen molar-refractivity contribution in [2.24, 2.45) is 0 Å². The summed E-state index contributed by atoms with van der Waals surface area (Å²) < 4.78 is 0. The molecule has 0 aliphatic rings. The van der Waals surface area contributed by atoms with Crippen LogP contribution in [-0.4, -0.2) is 22.4 Å². The third-order valence-electron chi connectivity index (χ3n) is 3.17. The van der Waals surface area contributed by atoms with Crippen LogP contribution < -0.4 is 5.32 Å². The third kappa shape index (κ3) is 3.87. The highest BCUT2D eigenvalue weighted by atomic mass is 35.5. The van der Waals surface area contributed by atoms with Crippen LogP contribution in [0.3, 0.4) is 0 Å². The molecule has 3 N–H and O–H groups in total. The normalized spacial score (nSPS) is 11.8. The van der Waals surface area contributed by atoms with Crippen molar-refractivity contribution in [3.05, 3.63) is 28.8 Å². The number of halogens is 1. The highest BCUT2D eigenvalue weighted by Crippen LogP contribution is 2.25. The number of phenols is 1. The number of rotatable bonds is 6. The lowest BCUT2D eigenvalue weighted by atomic mass is 9.97. The van der Waals surface area contributed by atoms with E-state index in [1.54, 1.807) is 18.2 Å². The molecule has 0 heterocycles. The fourth-order valence-electron chi connectivity index (χ4n) is 1.64. The molecule has 3 nitrogen and oxygen atoms in total. The van der Waals surface area contributed by atoms with Gasteiger partial charge in [-0.15, -0.1) is 0 Å². The van der Waals surface area contributed by atoms with Crippen LogP contribution in [0.4, 0.5) is 0 Å². The predicted octanol–water partition coefficient (Wildman–Crippen LogP) is 2.69. The second-order valence-electron chi connectivity index (χ2n) is 4.27. The molecule has 0 aliphatic heterocycles. The van der Waals surface area contributed by atoms with Crippen LogP contribution in [0.1, 0.15) is 32.3 Å². The van der Waals surface area contributed by atoms with Crippen molar-refractivity contribution in [2.45, 2.75) is 38.8 Å². The fourth-order valence-corrected chi connectivity index (χ4v) is 1.88. The topological polar surface area (TPSA) is 52.5 Å². The average molecular weight is 258 g/mol. The molecule has 1 aromatic carbocycles. The summed E-state index contributed by atoms with van der Waals surface area (Å²) in [6.07, 6.45) is 1.40. The Kier molecular flexibility index (Phi) is 5.25. The van der Waals surface area contributed by atoms with Gasteiger partial charge in [0, 0.05) is 23.7 Å². The van der Waals surface area contributed by atoms with Crippen molar-refractivity contribution in [1.29, 1.82) is 0 Å². The molecule has 0 aromatic heterocycles. The third-order valence-corrected chi connectivity index (χ3v) is 3.52. The first-order valence-electron chi connectivity index (χ1n) is 5.92. The van der Waals surface area contributed by atoms with Gasteiger partial charge in [0.25, 0.3) is 0 Å². The van der Waals surface area contributed by atoms with Gasteiger partial charge in [0.05, 0.1) is 5.60 Å². The van der Waals surface area contributed by atoms with Crippen molar-refractivity contribution in [3.8, 4) is 5.75 Å². The lowest BCUT2D eigenvalue weighted by molar-refractivity contribution is 0.0322. The van der Waals surface area contributed by atoms with E-state index in [1.807, 2.05) is 13.8 Å². The van der Waals surface area contributed by atoms with Crippen molar-refractivity contribution >= 4 is 11.6 Å². The molecule has 0 saturated carbocycles. The van der Waals surface area contributed by atoms with Gasteiger partial charge in [-0.05, 0) is 25.0 Å². The molecule has 0 amide bonds. The molecule has 96 valence electrons. The Morgan fingerprint density at radius 2 is 1.94 bits per heavy atom. The zero-order chi connectivity index (χ0) is 12.9. The van der Waals surface area contributed by atoms with E-state index in [4.69, 9.17) is 11.6 Å². The van der Waals surface area contributed by atoms with E-state index < -0.39 is 5.60 Å². The summed E-state index contributed by atoms with van der Waals surface area (Å²) in [7, 11) is 0. The molecule has 17 heavy (non-hydrogen) atoms. The maximum Gasteiger partial charge on any atom is 0.121 e. The van der Waals surface area contributed by atoms with Gasteiger partial charge in [0.1, 0.15) is 5.75 Å². The summed E-state index contributed by atoms with van der Waals surface area (Å²) in [5.74, 6) is 0.182. The van der Waals surface area contributed by atoms with Gasteiger partial charge in [-0.2, -0.15) is 0 Å². The smallest absolute Gasteiger partial charge is 0.121 e. The van der Waals surface area contributed by atoms with Crippen LogP contribution in [0.25, 0.3) is 0 Å². The van der Waals surface area contributed by atoms with E-state index in [0.717, 1.165) is 0 Å². The van der Waals surface area contributed by atoms with Crippen LogP contribution >= 0.6 is 11.6 Å². The summed E-state index contributed by atoms with van der Waals surface area (Å²) in [5.41, 5.74) is -0.0135. The number of nitrogens with one attached hydrogen (secondary N) is 1. The van der Waals surface area contributed by atoms with Crippen molar-refractivity contribution in [3.63, 3.8) is 0 Å². The lowest BCUT2D eigenvalue weighted by Crippen LogP contribution is -2.39. The molecular formula is C13H20ClNO2.